The molecule has 0 saturated heterocycles. The van der Waals surface area contributed by atoms with Crippen LogP contribution in [0.25, 0.3) is 10.9 Å². The smallest absolute Gasteiger partial charge is 0.257 e. The van der Waals surface area contributed by atoms with E-state index in [0.29, 0.717) is 6.54 Å². The van der Waals surface area contributed by atoms with Crippen LogP contribution in [0.2, 0.25) is 0 Å². The fourth-order valence-corrected chi connectivity index (χ4v) is 2.61. The highest BCUT2D eigenvalue weighted by atomic mass is 16.5. The quantitative estimate of drug-likeness (QED) is 0.729. The Bertz CT molecular complexity index is 852. The van der Waals surface area contributed by atoms with Crippen molar-refractivity contribution < 1.29 is 9.53 Å². The van der Waals surface area contributed by atoms with E-state index in [0.717, 1.165) is 23.3 Å². The van der Waals surface area contributed by atoms with Gasteiger partial charge in [-0.2, -0.15) is 0 Å². The maximum Gasteiger partial charge on any atom is 0.257 e. The van der Waals surface area contributed by atoms with Gasteiger partial charge in [0.2, 0.25) is 0 Å². The number of rotatable bonds is 6. The molecule has 3 rings (SSSR count). The lowest BCUT2D eigenvalue weighted by Crippen LogP contribution is -2.30. The predicted octanol–water partition coefficient (Wildman–Crippen LogP) is 3.52. The van der Waals surface area contributed by atoms with Crippen molar-refractivity contribution >= 4 is 16.8 Å². The monoisotopic (exact) mass is 322 g/mol. The third kappa shape index (κ3) is 3.96. The van der Waals surface area contributed by atoms with Crippen molar-refractivity contribution in [3.63, 3.8) is 0 Å². The topological polar surface area (TPSA) is 54.1 Å². The van der Waals surface area contributed by atoms with Crippen LogP contribution < -0.4 is 10.1 Å². The SMILES string of the molecule is Cc1ccc(OCC(=O)NCCc2ccc3[nH]ccc3c2)cc1C. The summed E-state index contributed by atoms with van der Waals surface area (Å²) in [6.45, 7) is 4.73. The lowest BCUT2D eigenvalue weighted by molar-refractivity contribution is -0.123. The highest BCUT2D eigenvalue weighted by molar-refractivity contribution is 5.80. The highest BCUT2D eigenvalue weighted by Crippen LogP contribution is 2.16. The van der Waals surface area contributed by atoms with Crippen molar-refractivity contribution in [1.82, 2.24) is 10.3 Å². The van der Waals surface area contributed by atoms with Gasteiger partial charge in [-0.25, -0.2) is 0 Å². The molecular formula is C20H22N2O2. The molecular weight excluding hydrogens is 300 g/mol. The number of aromatic nitrogens is 1. The minimum atomic E-state index is -0.101. The summed E-state index contributed by atoms with van der Waals surface area (Å²) in [5.41, 5.74) is 4.71. The molecule has 3 aromatic rings. The van der Waals surface area contributed by atoms with E-state index in [1.807, 2.05) is 31.3 Å². The molecule has 1 heterocycles. The summed E-state index contributed by atoms with van der Waals surface area (Å²) in [6.07, 6.45) is 2.73. The summed E-state index contributed by atoms with van der Waals surface area (Å²) in [5, 5.41) is 4.09. The molecule has 0 aliphatic heterocycles. The van der Waals surface area contributed by atoms with Crippen molar-refractivity contribution in [2.24, 2.45) is 0 Å². The van der Waals surface area contributed by atoms with Gasteiger partial charge in [0.15, 0.2) is 6.61 Å². The number of H-pyrrole nitrogens is 1. The number of fused-ring (bicyclic) bond motifs is 1. The number of carbonyl (C=O) groups excluding carboxylic acids is 1. The number of hydrogen-bond acceptors (Lipinski definition) is 2. The second kappa shape index (κ2) is 7.21. The van der Waals surface area contributed by atoms with Crippen molar-refractivity contribution in [2.75, 3.05) is 13.2 Å². The van der Waals surface area contributed by atoms with E-state index in [1.165, 1.54) is 16.5 Å². The molecule has 1 amide bonds. The van der Waals surface area contributed by atoms with E-state index in [1.54, 1.807) is 0 Å². The third-order valence-electron chi connectivity index (χ3n) is 4.20. The van der Waals surface area contributed by atoms with Crippen molar-refractivity contribution in [1.29, 1.82) is 0 Å². The van der Waals surface area contributed by atoms with Crippen LogP contribution in [-0.2, 0) is 11.2 Å². The molecule has 0 unspecified atom stereocenters. The molecule has 0 atom stereocenters. The summed E-state index contributed by atoms with van der Waals surface area (Å²) in [5.74, 6) is 0.627. The van der Waals surface area contributed by atoms with Gasteiger partial charge in [0, 0.05) is 18.3 Å². The summed E-state index contributed by atoms with van der Waals surface area (Å²) >= 11 is 0. The van der Waals surface area contributed by atoms with Crippen LogP contribution >= 0.6 is 0 Å². The van der Waals surface area contributed by atoms with Crippen LogP contribution in [0.15, 0.2) is 48.7 Å². The van der Waals surface area contributed by atoms with Gasteiger partial charge in [-0.3, -0.25) is 4.79 Å². The number of nitrogens with one attached hydrogen (secondary N) is 2. The average Bonchev–Trinajstić information content (AvgIpc) is 3.04. The van der Waals surface area contributed by atoms with E-state index in [-0.39, 0.29) is 12.5 Å². The highest BCUT2D eigenvalue weighted by Gasteiger charge is 2.04. The van der Waals surface area contributed by atoms with Gasteiger partial charge >= 0.3 is 0 Å². The number of benzene rings is 2. The first-order valence-electron chi connectivity index (χ1n) is 8.14. The summed E-state index contributed by atoms with van der Waals surface area (Å²) < 4.78 is 5.54. The molecule has 4 nitrogen and oxygen atoms in total. The molecule has 1 aromatic heterocycles. The zero-order chi connectivity index (χ0) is 16.9. The Kier molecular flexibility index (Phi) is 4.85. The van der Waals surface area contributed by atoms with Crippen LogP contribution in [0, 0.1) is 13.8 Å². The van der Waals surface area contributed by atoms with Gasteiger partial charge in [0.1, 0.15) is 5.75 Å². The van der Waals surface area contributed by atoms with E-state index in [2.05, 4.69) is 41.5 Å². The molecule has 2 aromatic carbocycles. The van der Waals surface area contributed by atoms with Crippen LogP contribution in [0.5, 0.6) is 5.75 Å². The summed E-state index contributed by atoms with van der Waals surface area (Å²) in [7, 11) is 0. The Morgan fingerprint density at radius 2 is 1.96 bits per heavy atom. The molecule has 0 fully saturated rings. The fraction of sp³-hybridized carbons (Fsp3) is 0.250. The van der Waals surface area contributed by atoms with Gasteiger partial charge < -0.3 is 15.0 Å². The molecule has 0 saturated carbocycles. The average molecular weight is 322 g/mol. The number of amides is 1. The number of aryl methyl sites for hydroxylation is 2. The van der Waals surface area contributed by atoms with Crippen LogP contribution in [-0.4, -0.2) is 24.0 Å². The first-order valence-corrected chi connectivity index (χ1v) is 8.14. The molecule has 0 spiro atoms. The standard InChI is InChI=1S/C20H22N2O2/c1-14-3-5-18(11-15(14)2)24-13-20(23)22-9-7-16-4-6-19-17(12-16)8-10-21-19/h3-6,8,10-12,21H,7,9,13H2,1-2H3,(H,22,23). The van der Waals surface area contributed by atoms with Gasteiger partial charge in [0.25, 0.3) is 5.91 Å². The lowest BCUT2D eigenvalue weighted by Gasteiger charge is -2.09. The Morgan fingerprint density at radius 3 is 2.79 bits per heavy atom. The number of hydrogen-bond donors (Lipinski definition) is 2. The molecule has 0 aliphatic carbocycles. The third-order valence-corrected chi connectivity index (χ3v) is 4.20. The van der Waals surface area contributed by atoms with Crippen LogP contribution in [0.3, 0.4) is 0 Å². The lowest BCUT2D eigenvalue weighted by atomic mass is 10.1. The zero-order valence-electron chi connectivity index (χ0n) is 14.1. The van der Waals surface area contributed by atoms with Crippen molar-refractivity contribution in [3.05, 3.63) is 65.4 Å². The summed E-state index contributed by atoms with van der Waals surface area (Å²) in [6, 6.07) is 14.2. The van der Waals surface area contributed by atoms with E-state index in [4.69, 9.17) is 4.74 Å². The molecule has 2 N–H and O–H groups in total. The minimum absolute atomic E-state index is 0.0410. The molecule has 0 bridgehead atoms. The number of ether oxygens (including phenoxy) is 1. The largest absolute Gasteiger partial charge is 0.484 e. The van der Waals surface area contributed by atoms with E-state index in [9.17, 15) is 4.79 Å². The second-order valence-corrected chi connectivity index (χ2v) is 6.03. The first-order chi connectivity index (χ1) is 11.6. The predicted molar refractivity (Wildman–Crippen MR) is 96.4 cm³/mol. The second-order valence-electron chi connectivity index (χ2n) is 6.03. The maximum absolute atomic E-state index is 11.9. The fourth-order valence-electron chi connectivity index (χ4n) is 2.61. The maximum atomic E-state index is 11.9. The van der Waals surface area contributed by atoms with Gasteiger partial charge in [-0.1, -0.05) is 12.1 Å². The Hall–Kier alpha value is -2.75. The minimum Gasteiger partial charge on any atom is -0.484 e. The number of aromatic amines is 1. The molecule has 0 radical (unpaired) electrons. The zero-order valence-corrected chi connectivity index (χ0v) is 14.1. The molecule has 124 valence electrons. The molecule has 4 heteroatoms. The Labute approximate surface area is 141 Å². The van der Waals surface area contributed by atoms with Gasteiger partial charge in [-0.15, -0.1) is 0 Å². The molecule has 24 heavy (non-hydrogen) atoms. The Balaban J connectivity index is 1.44. The Morgan fingerprint density at radius 1 is 1.08 bits per heavy atom. The van der Waals surface area contributed by atoms with Crippen molar-refractivity contribution in [3.8, 4) is 5.75 Å². The van der Waals surface area contributed by atoms with E-state index < -0.39 is 0 Å². The van der Waals surface area contributed by atoms with E-state index >= 15 is 0 Å². The van der Waals surface area contributed by atoms with Gasteiger partial charge in [0.05, 0.1) is 0 Å². The van der Waals surface area contributed by atoms with Crippen LogP contribution in [0.1, 0.15) is 16.7 Å². The van der Waals surface area contributed by atoms with Crippen LogP contribution in [0.4, 0.5) is 0 Å². The van der Waals surface area contributed by atoms with Gasteiger partial charge in [-0.05, 0) is 72.7 Å². The first kappa shape index (κ1) is 16.1. The normalized spacial score (nSPS) is 10.8. The van der Waals surface area contributed by atoms with Crippen molar-refractivity contribution in [2.45, 2.75) is 20.3 Å². The number of carbonyl (C=O) groups is 1. The summed E-state index contributed by atoms with van der Waals surface area (Å²) in [4.78, 5) is 15.1. The molecule has 0 aliphatic rings.